The monoisotopic (exact) mass is 698 g/mol. The van der Waals surface area contributed by atoms with E-state index in [1.807, 2.05) is 22.7 Å². The second kappa shape index (κ2) is 10.3. The predicted molar refractivity (Wildman–Crippen MR) is 191 cm³/mol. The van der Waals surface area contributed by atoms with E-state index in [1.165, 1.54) is 74.1 Å². The molecule has 0 N–H and O–H groups in total. The molecule has 3 heteroatoms. The average molecular weight is 696 g/mol. The summed E-state index contributed by atoms with van der Waals surface area (Å²) in [6.45, 7) is 0. The number of hydrogen-bond donors (Lipinski definition) is 0. The third-order valence-electron chi connectivity index (χ3n) is 8.30. The third kappa shape index (κ3) is 4.56. The summed E-state index contributed by atoms with van der Waals surface area (Å²) < 4.78 is 5.97. The van der Waals surface area contributed by atoms with Crippen LogP contribution in [0.25, 0.3) is 80.9 Å². The van der Waals surface area contributed by atoms with E-state index in [0.29, 0.717) is 0 Å². The van der Waals surface area contributed by atoms with E-state index in [2.05, 4.69) is 146 Å². The molecule has 202 valence electrons. The summed E-state index contributed by atoms with van der Waals surface area (Å²) in [6.07, 6.45) is 0. The Bertz CT molecular complexity index is 2240. The van der Waals surface area contributed by atoms with E-state index in [0.717, 1.165) is 0 Å². The Labute approximate surface area is 267 Å². The molecule has 3 aromatic heterocycles. The molecule has 0 nitrogen and oxygen atoms in total. The Morgan fingerprint density at radius 3 is 1.14 bits per heavy atom. The minimum atomic E-state index is -0.404. The van der Waals surface area contributed by atoms with Crippen molar-refractivity contribution >= 4 is 80.9 Å². The first-order chi connectivity index (χ1) is 21.2. The molecule has 9 rings (SSSR count). The van der Waals surface area contributed by atoms with Crippen LogP contribution in [0.15, 0.2) is 146 Å². The second-order valence-corrected chi connectivity index (χ2v) is 16.2. The van der Waals surface area contributed by atoms with E-state index in [-0.39, 0.29) is 0 Å². The van der Waals surface area contributed by atoms with Crippen LogP contribution in [-0.2, 0) is 0 Å². The fraction of sp³-hybridized carbons (Fsp3) is 0. The van der Waals surface area contributed by atoms with Gasteiger partial charge in [0.15, 0.2) is 0 Å². The maximum absolute atomic E-state index is 2.49. The van der Waals surface area contributed by atoms with Crippen LogP contribution in [0.4, 0.5) is 0 Å². The molecule has 0 unspecified atom stereocenters. The van der Waals surface area contributed by atoms with Crippen molar-refractivity contribution < 1.29 is 0 Å². The van der Waals surface area contributed by atoms with Gasteiger partial charge in [-0.15, -0.1) is 0 Å². The van der Waals surface area contributed by atoms with Gasteiger partial charge in [-0.1, -0.05) is 12.1 Å². The van der Waals surface area contributed by atoms with Crippen LogP contribution < -0.4 is 0 Å². The molecule has 3 heterocycles. The summed E-state index contributed by atoms with van der Waals surface area (Å²) in [4.78, 5) is 2.69. The Morgan fingerprint density at radius 2 is 0.721 bits per heavy atom. The Hall–Kier alpha value is -3.97. The van der Waals surface area contributed by atoms with Gasteiger partial charge in [0, 0.05) is 0 Å². The average Bonchev–Trinajstić information content (AvgIpc) is 3.78. The fourth-order valence-corrected chi connectivity index (χ4v) is 12.0. The summed E-state index contributed by atoms with van der Waals surface area (Å²) in [5, 5.41) is 5.62. The standard InChI is InChI=1S/C40H24S2Te/c1-3-7-25(8-4-1)27-11-15-29(16-12-27)35-21-31-19-33-34-20-32-22-36(30-17-13-28(14-18-30)26-9-5-2-6-10-26)42-38(32)24-40(34)43-39(33)23-37(31)41-35/h1-24H. The van der Waals surface area contributed by atoms with E-state index >= 15 is 0 Å². The van der Waals surface area contributed by atoms with Crippen LogP contribution in [0.2, 0.25) is 0 Å². The van der Waals surface area contributed by atoms with Crippen LogP contribution in [0, 0.1) is 0 Å². The normalized spacial score (nSPS) is 11.7. The van der Waals surface area contributed by atoms with Crippen LogP contribution in [-0.4, -0.2) is 20.4 Å². The van der Waals surface area contributed by atoms with Gasteiger partial charge in [0.2, 0.25) is 0 Å². The predicted octanol–water partition coefficient (Wildman–Crippen LogP) is 12.1. The van der Waals surface area contributed by atoms with Gasteiger partial charge in [-0.25, -0.2) is 0 Å². The number of fused-ring (bicyclic) bond motifs is 5. The van der Waals surface area contributed by atoms with Gasteiger partial charge in [0.05, 0.1) is 0 Å². The van der Waals surface area contributed by atoms with Gasteiger partial charge in [-0.2, -0.15) is 0 Å². The van der Waals surface area contributed by atoms with E-state index in [9.17, 15) is 0 Å². The van der Waals surface area contributed by atoms with Gasteiger partial charge in [-0.3, -0.25) is 0 Å². The minimum absolute atomic E-state index is 0.404. The zero-order valence-corrected chi connectivity index (χ0v) is 27.0. The van der Waals surface area contributed by atoms with Gasteiger partial charge in [-0.05, 0) is 0 Å². The second-order valence-electron chi connectivity index (χ2n) is 11.0. The maximum atomic E-state index is 2.49. The van der Waals surface area contributed by atoms with Crippen molar-refractivity contribution in [2.24, 2.45) is 0 Å². The van der Waals surface area contributed by atoms with Crippen LogP contribution in [0.3, 0.4) is 0 Å². The number of thiophene rings is 2. The Balaban J connectivity index is 1.07. The summed E-state index contributed by atoms with van der Waals surface area (Å²) in [7, 11) is 0. The quantitative estimate of drug-likeness (QED) is 0.161. The van der Waals surface area contributed by atoms with Crippen molar-refractivity contribution in [2.75, 3.05) is 0 Å². The molecule has 0 radical (unpaired) electrons. The number of rotatable bonds is 4. The summed E-state index contributed by atoms with van der Waals surface area (Å²) in [5.41, 5.74) is 7.64. The summed E-state index contributed by atoms with van der Waals surface area (Å²) in [6, 6.07) is 54.0. The molecular formula is C40H24S2Te. The van der Waals surface area contributed by atoms with E-state index in [4.69, 9.17) is 0 Å². The molecule has 9 aromatic rings. The van der Waals surface area contributed by atoms with Gasteiger partial charge >= 0.3 is 257 Å². The molecule has 0 saturated heterocycles. The zero-order chi connectivity index (χ0) is 28.3. The first kappa shape index (κ1) is 25.5. The SMILES string of the molecule is c1ccc(-c2ccc(-c3cc4cc5c(cc4s3)[te]c3cc4sc(-c6ccc(-c7ccccc7)cc6)cc4cc35)cc2)cc1. The Kier molecular flexibility index (Phi) is 6.13. The molecular weight excluding hydrogens is 672 g/mol. The van der Waals surface area contributed by atoms with Crippen molar-refractivity contribution in [1.82, 2.24) is 0 Å². The molecule has 0 amide bonds. The molecule has 0 bridgehead atoms. The van der Waals surface area contributed by atoms with Crippen LogP contribution in [0.5, 0.6) is 0 Å². The van der Waals surface area contributed by atoms with Gasteiger partial charge in [0.1, 0.15) is 0 Å². The first-order valence-corrected chi connectivity index (χ1v) is 18.4. The van der Waals surface area contributed by atoms with E-state index in [1.54, 1.807) is 6.80 Å². The molecule has 0 aliphatic carbocycles. The van der Waals surface area contributed by atoms with Gasteiger partial charge in [0.25, 0.3) is 0 Å². The topological polar surface area (TPSA) is 0 Å². The van der Waals surface area contributed by atoms with Crippen molar-refractivity contribution in [3.05, 3.63) is 146 Å². The molecule has 0 aliphatic rings. The van der Waals surface area contributed by atoms with Crippen molar-refractivity contribution in [3.8, 4) is 43.1 Å². The Morgan fingerprint density at radius 1 is 0.349 bits per heavy atom. The van der Waals surface area contributed by atoms with Crippen LogP contribution in [0.1, 0.15) is 0 Å². The zero-order valence-electron chi connectivity index (χ0n) is 23.1. The molecule has 0 spiro atoms. The van der Waals surface area contributed by atoms with Gasteiger partial charge < -0.3 is 0 Å². The summed E-state index contributed by atoms with van der Waals surface area (Å²) in [5.74, 6) is 0. The van der Waals surface area contributed by atoms with Crippen molar-refractivity contribution in [2.45, 2.75) is 0 Å². The van der Waals surface area contributed by atoms with Crippen molar-refractivity contribution in [1.29, 1.82) is 0 Å². The molecule has 43 heavy (non-hydrogen) atoms. The molecule has 6 aromatic carbocycles. The molecule has 0 saturated carbocycles. The van der Waals surface area contributed by atoms with Crippen molar-refractivity contribution in [3.63, 3.8) is 0 Å². The summed E-state index contributed by atoms with van der Waals surface area (Å²) >= 11 is 3.44. The third-order valence-corrected chi connectivity index (χ3v) is 13.8. The number of hydrogen-bond acceptors (Lipinski definition) is 2. The fourth-order valence-electron chi connectivity index (χ4n) is 6.04. The van der Waals surface area contributed by atoms with Crippen LogP contribution >= 0.6 is 22.7 Å². The van der Waals surface area contributed by atoms with E-state index < -0.39 is 20.4 Å². The number of benzene rings is 6. The molecule has 0 fully saturated rings. The molecule has 0 aliphatic heterocycles. The molecule has 0 atom stereocenters. The first-order valence-electron chi connectivity index (χ1n) is 14.4.